The van der Waals surface area contributed by atoms with Crippen molar-refractivity contribution in [1.29, 1.82) is 0 Å². The van der Waals surface area contributed by atoms with Crippen molar-refractivity contribution in [3.63, 3.8) is 0 Å². The van der Waals surface area contributed by atoms with E-state index in [9.17, 15) is 4.79 Å². The number of rotatable bonds is 6. The summed E-state index contributed by atoms with van der Waals surface area (Å²) in [6.45, 7) is 5.87. The molecule has 4 heteroatoms. The van der Waals surface area contributed by atoms with E-state index < -0.39 is 0 Å². The fourth-order valence-corrected chi connectivity index (χ4v) is 2.35. The maximum absolute atomic E-state index is 11.7. The van der Waals surface area contributed by atoms with Crippen LogP contribution in [-0.2, 0) is 17.8 Å². The van der Waals surface area contributed by atoms with Gasteiger partial charge in [-0.1, -0.05) is 13.0 Å². The lowest BCUT2D eigenvalue weighted by Crippen LogP contribution is -2.07. The van der Waals surface area contributed by atoms with Crippen molar-refractivity contribution in [2.24, 2.45) is 0 Å². The van der Waals surface area contributed by atoms with E-state index in [0.717, 1.165) is 30.8 Å². The second kappa shape index (κ2) is 6.97. The maximum atomic E-state index is 11.7. The number of methoxy groups -OCH3 is 1. The molecule has 1 heterocycles. The van der Waals surface area contributed by atoms with Gasteiger partial charge in [0.2, 0.25) is 0 Å². The van der Waals surface area contributed by atoms with Gasteiger partial charge in [-0.3, -0.25) is 0 Å². The van der Waals surface area contributed by atoms with Gasteiger partial charge in [-0.15, -0.1) is 0 Å². The van der Waals surface area contributed by atoms with E-state index in [1.54, 1.807) is 6.07 Å². The second-order valence-electron chi connectivity index (χ2n) is 5.08. The number of hydrogen-bond acceptors (Lipinski definition) is 3. The summed E-state index contributed by atoms with van der Waals surface area (Å²) < 4.78 is 6.98. The van der Waals surface area contributed by atoms with Crippen LogP contribution in [0.15, 0.2) is 36.7 Å². The minimum absolute atomic E-state index is 0.301. The van der Waals surface area contributed by atoms with Crippen molar-refractivity contribution in [1.82, 2.24) is 4.57 Å². The molecule has 0 aliphatic rings. The Kier molecular flexibility index (Phi) is 5.04. The van der Waals surface area contributed by atoms with Crippen LogP contribution in [0, 0.1) is 6.92 Å². The SMILES string of the molecule is CCCn1ccc(CNc2cccc(C(=O)OC)c2C)c1. The van der Waals surface area contributed by atoms with Crippen molar-refractivity contribution in [3.05, 3.63) is 53.3 Å². The Balaban J connectivity index is 2.07. The average molecular weight is 286 g/mol. The Bertz CT molecular complexity index is 617. The lowest BCUT2D eigenvalue weighted by molar-refractivity contribution is 0.0600. The van der Waals surface area contributed by atoms with Crippen LogP contribution in [-0.4, -0.2) is 17.6 Å². The Hall–Kier alpha value is -2.23. The molecule has 2 aromatic rings. The zero-order chi connectivity index (χ0) is 15.2. The molecule has 0 unspecified atom stereocenters. The maximum Gasteiger partial charge on any atom is 0.338 e. The molecule has 0 spiro atoms. The standard InChI is InChI=1S/C17H22N2O2/c1-4-9-19-10-8-14(12-19)11-18-16-7-5-6-15(13(16)2)17(20)21-3/h5-8,10,12,18H,4,9,11H2,1-3H3. The highest BCUT2D eigenvalue weighted by atomic mass is 16.5. The van der Waals surface area contributed by atoms with Crippen molar-refractivity contribution >= 4 is 11.7 Å². The summed E-state index contributed by atoms with van der Waals surface area (Å²) in [4.78, 5) is 11.7. The number of carbonyl (C=O) groups excluding carboxylic acids is 1. The monoisotopic (exact) mass is 286 g/mol. The van der Waals surface area contributed by atoms with Gasteiger partial charge >= 0.3 is 5.97 Å². The van der Waals surface area contributed by atoms with Crippen molar-refractivity contribution < 1.29 is 9.53 Å². The number of carbonyl (C=O) groups is 1. The van der Waals surface area contributed by atoms with Crippen molar-refractivity contribution in [3.8, 4) is 0 Å². The largest absolute Gasteiger partial charge is 0.465 e. The zero-order valence-corrected chi connectivity index (χ0v) is 12.8. The number of aryl methyl sites for hydroxylation is 1. The second-order valence-corrected chi connectivity index (χ2v) is 5.08. The number of nitrogens with zero attached hydrogens (tertiary/aromatic N) is 1. The summed E-state index contributed by atoms with van der Waals surface area (Å²) in [7, 11) is 1.40. The fourth-order valence-electron chi connectivity index (χ4n) is 2.35. The molecule has 21 heavy (non-hydrogen) atoms. The Labute approximate surface area is 125 Å². The van der Waals surface area contributed by atoms with Crippen LogP contribution in [0.3, 0.4) is 0 Å². The number of esters is 1. The number of anilines is 1. The number of aromatic nitrogens is 1. The molecule has 1 aromatic heterocycles. The molecule has 0 aliphatic heterocycles. The predicted molar refractivity (Wildman–Crippen MR) is 84.6 cm³/mol. The summed E-state index contributed by atoms with van der Waals surface area (Å²) in [5.41, 5.74) is 3.70. The normalized spacial score (nSPS) is 10.4. The molecule has 0 fully saturated rings. The molecule has 2 rings (SSSR count). The summed E-state index contributed by atoms with van der Waals surface area (Å²) >= 11 is 0. The van der Waals surface area contributed by atoms with Crippen LogP contribution < -0.4 is 5.32 Å². The molecule has 0 atom stereocenters. The molecule has 0 saturated heterocycles. The smallest absolute Gasteiger partial charge is 0.338 e. The zero-order valence-electron chi connectivity index (χ0n) is 12.8. The highest BCUT2D eigenvalue weighted by Crippen LogP contribution is 2.20. The molecular weight excluding hydrogens is 264 g/mol. The lowest BCUT2D eigenvalue weighted by atomic mass is 10.1. The van der Waals surface area contributed by atoms with Crippen molar-refractivity contribution in [2.45, 2.75) is 33.4 Å². The van der Waals surface area contributed by atoms with E-state index in [0.29, 0.717) is 5.56 Å². The van der Waals surface area contributed by atoms with Gasteiger partial charge in [0.1, 0.15) is 0 Å². The number of ether oxygens (including phenoxy) is 1. The minimum Gasteiger partial charge on any atom is -0.465 e. The third-order valence-electron chi connectivity index (χ3n) is 3.52. The highest BCUT2D eigenvalue weighted by molar-refractivity contribution is 5.92. The van der Waals surface area contributed by atoms with Gasteiger partial charge < -0.3 is 14.6 Å². The summed E-state index contributed by atoms with van der Waals surface area (Å²) in [5, 5.41) is 3.38. The summed E-state index contributed by atoms with van der Waals surface area (Å²) in [6.07, 6.45) is 5.37. The highest BCUT2D eigenvalue weighted by Gasteiger charge is 2.11. The molecule has 0 amide bonds. The van der Waals surface area contributed by atoms with E-state index in [2.05, 4.69) is 35.3 Å². The van der Waals surface area contributed by atoms with E-state index in [1.807, 2.05) is 19.1 Å². The summed E-state index contributed by atoms with van der Waals surface area (Å²) in [6, 6.07) is 7.74. The van der Waals surface area contributed by atoms with Crippen LogP contribution in [0.25, 0.3) is 0 Å². The molecule has 4 nitrogen and oxygen atoms in total. The lowest BCUT2D eigenvalue weighted by Gasteiger charge is -2.11. The molecular formula is C17H22N2O2. The van der Waals surface area contributed by atoms with E-state index in [4.69, 9.17) is 4.74 Å². The van der Waals surface area contributed by atoms with E-state index >= 15 is 0 Å². The van der Waals surface area contributed by atoms with E-state index in [-0.39, 0.29) is 5.97 Å². The topological polar surface area (TPSA) is 43.3 Å². The van der Waals surface area contributed by atoms with Gasteiger partial charge in [0.05, 0.1) is 12.7 Å². The van der Waals surface area contributed by atoms with Crippen LogP contribution in [0.1, 0.15) is 34.8 Å². The molecule has 0 bridgehead atoms. The first-order valence-electron chi connectivity index (χ1n) is 7.22. The Morgan fingerprint density at radius 1 is 1.33 bits per heavy atom. The Morgan fingerprint density at radius 3 is 2.86 bits per heavy atom. The van der Waals surface area contributed by atoms with Gasteiger partial charge in [-0.2, -0.15) is 0 Å². The first-order valence-corrected chi connectivity index (χ1v) is 7.22. The quantitative estimate of drug-likeness (QED) is 0.825. The van der Waals surface area contributed by atoms with Crippen LogP contribution in [0.2, 0.25) is 0 Å². The molecule has 0 aliphatic carbocycles. The molecule has 1 aromatic carbocycles. The third kappa shape index (κ3) is 3.66. The first-order chi connectivity index (χ1) is 10.2. The number of nitrogens with one attached hydrogen (secondary N) is 1. The van der Waals surface area contributed by atoms with Gasteiger partial charge in [0.25, 0.3) is 0 Å². The fraction of sp³-hybridized carbons (Fsp3) is 0.353. The molecule has 1 N–H and O–H groups in total. The number of benzene rings is 1. The third-order valence-corrected chi connectivity index (χ3v) is 3.52. The van der Waals surface area contributed by atoms with E-state index in [1.165, 1.54) is 12.7 Å². The predicted octanol–water partition coefficient (Wildman–Crippen LogP) is 3.61. The van der Waals surface area contributed by atoms with Gasteiger partial charge in [-0.25, -0.2) is 4.79 Å². The molecule has 0 radical (unpaired) electrons. The van der Waals surface area contributed by atoms with Gasteiger partial charge in [-0.05, 0) is 42.7 Å². The number of hydrogen-bond donors (Lipinski definition) is 1. The summed E-state index contributed by atoms with van der Waals surface area (Å²) in [5.74, 6) is -0.301. The molecule has 112 valence electrons. The van der Waals surface area contributed by atoms with Gasteiger partial charge in [0.15, 0.2) is 0 Å². The van der Waals surface area contributed by atoms with Gasteiger partial charge in [0, 0.05) is 31.2 Å². The minimum atomic E-state index is -0.301. The average Bonchev–Trinajstić information content (AvgIpc) is 2.93. The molecule has 0 saturated carbocycles. The Morgan fingerprint density at radius 2 is 2.14 bits per heavy atom. The first kappa shape index (κ1) is 15.2. The van der Waals surface area contributed by atoms with Crippen LogP contribution in [0.5, 0.6) is 0 Å². The van der Waals surface area contributed by atoms with Crippen LogP contribution in [0.4, 0.5) is 5.69 Å². The van der Waals surface area contributed by atoms with Crippen LogP contribution >= 0.6 is 0 Å². The van der Waals surface area contributed by atoms with Crippen molar-refractivity contribution in [2.75, 3.05) is 12.4 Å².